The summed E-state index contributed by atoms with van der Waals surface area (Å²) in [5.74, 6) is 0. The average molecular weight is 1400 g/mol. The van der Waals surface area contributed by atoms with Crippen molar-refractivity contribution in [3.63, 3.8) is 0 Å². The molecule has 0 amide bonds. The van der Waals surface area contributed by atoms with Crippen LogP contribution in [0.5, 0.6) is 0 Å². The molecule has 0 atom stereocenters. The van der Waals surface area contributed by atoms with Crippen molar-refractivity contribution in [2.75, 3.05) is 4.90 Å². The van der Waals surface area contributed by atoms with E-state index < -0.39 is 0 Å². The second-order valence-electron chi connectivity index (χ2n) is 32.5. The highest BCUT2D eigenvalue weighted by Gasteiger charge is 2.49. The minimum absolute atomic E-state index is 0.116. The smallest absolute Gasteiger partial charge is 0.143 e. The molecule has 0 aliphatic heterocycles. The van der Waals surface area contributed by atoms with Crippen LogP contribution in [0.1, 0.15) is 255 Å². The van der Waals surface area contributed by atoms with Crippen LogP contribution in [0.2, 0.25) is 0 Å². The van der Waals surface area contributed by atoms with Gasteiger partial charge in [0.05, 0.1) is 5.69 Å². The Morgan fingerprint density at radius 1 is 0.274 bits per heavy atom. The Morgan fingerprint density at radius 2 is 0.698 bits per heavy atom. The lowest BCUT2D eigenvalue weighted by atomic mass is 9.68. The molecule has 3 aliphatic carbocycles. The fourth-order valence-corrected chi connectivity index (χ4v) is 20.0. The first kappa shape index (κ1) is 71.1. The minimum atomic E-state index is -0.385. The highest BCUT2D eigenvalue weighted by atomic mass is 16.3. The molecule has 3 heteroatoms. The molecule has 0 unspecified atom stereocenters. The Hall–Kier alpha value is -9.18. The van der Waals surface area contributed by atoms with E-state index in [0.717, 1.165) is 46.1 Å². The normalized spacial score (nSPS) is 14.1. The molecule has 0 spiro atoms. The standard InChI is InChI=1S/C103H111NO2/c1-7-11-15-19-23-41-63-102(64-42-24-20-16-12-8-2)86-61-62-95-98(81-52-36-39-55-93(81)105-95)97(86)85-71-89-83(69-90(85)102)79-59-57-75(68-88(79)103(89,65-43-25-21-17-13-9-3)66-44-26-22-18-14-10-4)104(92-54-38-35-50-77(92)73-47-31-28-32-48-73)74-58-60-80-87(67-74)101(5,6)91-70-84(78-51-34-33-49-76(78)72-45-29-27-30-46-72)100-99(96(80)91)82-53-37-40-56-94(82)106-100/h27-40,45-62,67-71H,7-26,41-44,63-66H2,1-6H3. The van der Waals surface area contributed by atoms with Gasteiger partial charge in [-0.1, -0.05) is 353 Å². The van der Waals surface area contributed by atoms with Gasteiger partial charge in [-0.3, -0.25) is 0 Å². The molecule has 0 saturated carbocycles. The van der Waals surface area contributed by atoms with Crippen LogP contribution in [0.15, 0.2) is 233 Å². The number of anilines is 3. The zero-order chi connectivity index (χ0) is 72.2. The second kappa shape index (κ2) is 31.3. The maximum absolute atomic E-state index is 7.17. The van der Waals surface area contributed by atoms with Crippen LogP contribution < -0.4 is 4.90 Å². The van der Waals surface area contributed by atoms with Gasteiger partial charge in [0, 0.05) is 60.3 Å². The van der Waals surface area contributed by atoms with Crippen LogP contribution in [0.25, 0.3) is 111 Å². The quantitative estimate of drug-likeness (QED) is 0.0377. The van der Waals surface area contributed by atoms with Crippen molar-refractivity contribution in [2.45, 2.75) is 238 Å². The summed E-state index contributed by atoms with van der Waals surface area (Å²) < 4.78 is 14.1. The summed E-state index contributed by atoms with van der Waals surface area (Å²) in [4.78, 5) is 2.67. The van der Waals surface area contributed by atoms with Crippen molar-refractivity contribution < 1.29 is 8.83 Å². The summed E-state index contributed by atoms with van der Waals surface area (Å²) in [6.45, 7) is 14.4. The van der Waals surface area contributed by atoms with E-state index in [4.69, 9.17) is 8.83 Å². The fraction of sp³-hybridized carbons (Fsp3) is 0.359. The van der Waals surface area contributed by atoms with Gasteiger partial charge < -0.3 is 13.7 Å². The van der Waals surface area contributed by atoms with Crippen molar-refractivity contribution in [3.05, 3.63) is 258 Å². The number of nitrogens with zero attached hydrogens (tertiary/aromatic N) is 1. The molecule has 0 saturated heterocycles. The van der Waals surface area contributed by atoms with Gasteiger partial charge in [0.25, 0.3) is 0 Å². The zero-order valence-corrected chi connectivity index (χ0v) is 64.4. The van der Waals surface area contributed by atoms with Gasteiger partial charge in [0.2, 0.25) is 0 Å². The van der Waals surface area contributed by atoms with E-state index in [-0.39, 0.29) is 16.2 Å². The third-order valence-electron chi connectivity index (χ3n) is 25.5. The Morgan fingerprint density at radius 3 is 1.29 bits per heavy atom. The lowest BCUT2D eigenvalue weighted by molar-refractivity contribution is 0.394. The van der Waals surface area contributed by atoms with Crippen LogP contribution in [0.4, 0.5) is 17.1 Å². The van der Waals surface area contributed by atoms with Gasteiger partial charge >= 0.3 is 0 Å². The van der Waals surface area contributed by atoms with E-state index in [1.807, 2.05) is 0 Å². The zero-order valence-electron chi connectivity index (χ0n) is 64.4. The largest absolute Gasteiger partial charge is 0.456 e. The van der Waals surface area contributed by atoms with E-state index in [1.165, 1.54) is 278 Å². The lowest BCUT2D eigenvalue weighted by Crippen LogP contribution is -2.27. The lowest BCUT2D eigenvalue weighted by Gasteiger charge is -2.35. The molecule has 3 nitrogen and oxygen atoms in total. The monoisotopic (exact) mass is 1390 g/mol. The molecule has 2 heterocycles. The molecule has 0 bridgehead atoms. The van der Waals surface area contributed by atoms with E-state index in [0.29, 0.717) is 0 Å². The van der Waals surface area contributed by atoms with Crippen LogP contribution in [-0.2, 0) is 16.2 Å². The fourth-order valence-electron chi connectivity index (χ4n) is 20.0. The van der Waals surface area contributed by atoms with Crippen molar-refractivity contribution in [1.29, 1.82) is 0 Å². The molecule has 0 N–H and O–H groups in total. The van der Waals surface area contributed by atoms with E-state index in [1.54, 1.807) is 16.7 Å². The molecule has 2 aromatic heterocycles. The summed E-state index contributed by atoms with van der Waals surface area (Å²) >= 11 is 0. The van der Waals surface area contributed by atoms with E-state index >= 15 is 0 Å². The molecule has 16 rings (SSSR count). The predicted octanol–water partition coefficient (Wildman–Crippen LogP) is 31.8. The SMILES string of the molecule is CCCCCCCCC1(CCCCCCCC)c2cc(N(c3ccc4c(c3)C(C)(C)c3cc(-c5ccccc5-c5ccccc5)c5oc6ccccc6c5c3-4)c3ccccc3-c3ccccc3)ccc2-c2cc3c(cc21)-c1c(ccc2oc4ccccc4c12)C3(CCCCCCCC)CCCCCCCC. The number of fused-ring (bicyclic) bond motifs is 17. The first-order chi connectivity index (χ1) is 52.2. The second-order valence-corrected chi connectivity index (χ2v) is 32.5. The van der Waals surface area contributed by atoms with Gasteiger partial charge in [0.15, 0.2) is 0 Å². The number of hydrogen-bond donors (Lipinski definition) is 0. The summed E-state index contributed by atoms with van der Waals surface area (Å²) in [5, 5.41) is 4.92. The molecule has 540 valence electrons. The number of para-hydroxylation sites is 3. The van der Waals surface area contributed by atoms with Gasteiger partial charge in [-0.25, -0.2) is 0 Å². The van der Waals surface area contributed by atoms with Gasteiger partial charge in [-0.15, -0.1) is 0 Å². The Balaban J connectivity index is 0.910. The molecular weight excluding hydrogens is 1280 g/mol. The number of furan rings is 2. The minimum Gasteiger partial charge on any atom is -0.456 e. The highest BCUT2D eigenvalue weighted by Crippen LogP contribution is 2.64. The summed E-state index contributed by atoms with van der Waals surface area (Å²) in [6, 6.07) is 86.5. The molecule has 3 aliphatic rings. The Kier molecular flexibility index (Phi) is 21.0. The van der Waals surface area contributed by atoms with Crippen molar-refractivity contribution in [2.24, 2.45) is 0 Å². The van der Waals surface area contributed by atoms with Crippen LogP contribution in [-0.4, -0.2) is 0 Å². The van der Waals surface area contributed by atoms with Crippen LogP contribution in [0, 0.1) is 0 Å². The summed E-state index contributed by atoms with van der Waals surface area (Å²) in [6.07, 6.45) is 35.3. The van der Waals surface area contributed by atoms with Crippen molar-refractivity contribution in [3.8, 4) is 66.8 Å². The van der Waals surface area contributed by atoms with Crippen LogP contribution >= 0.6 is 0 Å². The number of hydrogen-bond acceptors (Lipinski definition) is 3. The third kappa shape index (κ3) is 13.0. The first-order valence-electron chi connectivity index (χ1n) is 41.7. The molecule has 0 radical (unpaired) electrons. The molecule has 106 heavy (non-hydrogen) atoms. The maximum atomic E-state index is 7.17. The predicted molar refractivity (Wildman–Crippen MR) is 454 cm³/mol. The maximum Gasteiger partial charge on any atom is 0.143 e. The number of rotatable bonds is 34. The van der Waals surface area contributed by atoms with Crippen molar-refractivity contribution in [1.82, 2.24) is 0 Å². The first-order valence-corrected chi connectivity index (χ1v) is 41.7. The molecular formula is C103H111NO2. The number of benzene rings is 11. The van der Waals surface area contributed by atoms with Gasteiger partial charge in [-0.2, -0.15) is 0 Å². The van der Waals surface area contributed by atoms with Crippen molar-refractivity contribution >= 4 is 60.9 Å². The topological polar surface area (TPSA) is 29.5 Å². The third-order valence-corrected chi connectivity index (χ3v) is 25.5. The summed E-state index contributed by atoms with van der Waals surface area (Å²) in [7, 11) is 0. The van der Waals surface area contributed by atoms with Crippen LogP contribution in [0.3, 0.4) is 0 Å². The van der Waals surface area contributed by atoms with Gasteiger partial charge in [0.1, 0.15) is 22.3 Å². The Bertz CT molecular complexity index is 5220. The van der Waals surface area contributed by atoms with E-state index in [9.17, 15) is 0 Å². The molecule has 11 aromatic carbocycles. The molecule has 13 aromatic rings. The number of unbranched alkanes of at least 4 members (excludes halogenated alkanes) is 20. The summed E-state index contributed by atoms with van der Waals surface area (Å²) in [5.41, 5.74) is 31.2. The molecule has 0 fully saturated rings. The van der Waals surface area contributed by atoms with E-state index in [2.05, 4.69) is 271 Å². The highest BCUT2D eigenvalue weighted by molar-refractivity contribution is 6.20. The average Bonchev–Trinajstić information content (AvgIpc) is 1.53. The van der Waals surface area contributed by atoms with Gasteiger partial charge in [-0.05, 0) is 181 Å². The Labute approximate surface area is 632 Å².